The van der Waals surface area contributed by atoms with Gasteiger partial charge in [0.25, 0.3) is 0 Å². The van der Waals surface area contributed by atoms with Crippen LogP contribution in [0, 0.1) is 18.7 Å². The Hall–Kier alpha value is -2.49. The fraction of sp³-hybridized carbons (Fsp3) is 0.222. The van der Waals surface area contributed by atoms with Crippen molar-refractivity contribution in [2.45, 2.75) is 19.8 Å². The fourth-order valence-electron chi connectivity index (χ4n) is 2.72. The maximum Gasteiger partial charge on any atom is 0.237 e. The van der Waals surface area contributed by atoms with E-state index in [-0.39, 0.29) is 30.0 Å². The molecule has 1 atom stereocenters. The van der Waals surface area contributed by atoms with Crippen molar-refractivity contribution in [3.05, 3.63) is 65.5 Å². The van der Waals surface area contributed by atoms with E-state index in [2.05, 4.69) is 0 Å². The van der Waals surface area contributed by atoms with E-state index in [9.17, 15) is 14.0 Å². The molecule has 22 heavy (non-hydrogen) atoms. The Bertz CT molecular complexity index is 707. The van der Waals surface area contributed by atoms with Crippen molar-refractivity contribution >= 4 is 17.5 Å². The largest absolute Gasteiger partial charge is 0.274 e. The lowest BCUT2D eigenvalue weighted by molar-refractivity contribution is -0.122. The lowest BCUT2D eigenvalue weighted by Crippen LogP contribution is -2.30. The summed E-state index contributed by atoms with van der Waals surface area (Å²) in [7, 11) is 0. The number of halogens is 1. The molecule has 1 heterocycles. The van der Waals surface area contributed by atoms with Crippen molar-refractivity contribution in [2.24, 2.45) is 5.92 Å². The zero-order valence-electron chi connectivity index (χ0n) is 12.3. The highest BCUT2D eigenvalue weighted by atomic mass is 19.1. The van der Waals surface area contributed by atoms with Crippen molar-refractivity contribution in [1.82, 2.24) is 0 Å². The number of carbonyl (C=O) groups excluding carboxylic acids is 2. The lowest BCUT2D eigenvalue weighted by Gasteiger charge is -2.15. The highest BCUT2D eigenvalue weighted by molar-refractivity contribution is 6.20. The zero-order valence-corrected chi connectivity index (χ0v) is 12.3. The molecule has 4 heteroatoms. The summed E-state index contributed by atoms with van der Waals surface area (Å²) in [6.45, 7) is 2.00. The van der Waals surface area contributed by atoms with Crippen molar-refractivity contribution in [3.8, 4) is 0 Å². The van der Waals surface area contributed by atoms with Crippen LogP contribution in [0.4, 0.5) is 10.1 Å². The predicted octanol–water partition coefficient (Wildman–Crippen LogP) is 3.26. The molecule has 3 rings (SSSR count). The number of benzene rings is 2. The number of aryl methyl sites for hydroxylation is 1. The smallest absolute Gasteiger partial charge is 0.237 e. The molecule has 0 bridgehead atoms. The molecule has 0 radical (unpaired) electrons. The maximum absolute atomic E-state index is 13.0. The van der Waals surface area contributed by atoms with Gasteiger partial charge in [0.15, 0.2) is 0 Å². The van der Waals surface area contributed by atoms with Crippen molar-refractivity contribution in [1.29, 1.82) is 0 Å². The van der Waals surface area contributed by atoms with Crippen LogP contribution in [0.5, 0.6) is 0 Å². The van der Waals surface area contributed by atoms with Crippen LogP contribution in [-0.4, -0.2) is 11.8 Å². The van der Waals surface area contributed by atoms with E-state index in [0.717, 1.165) is 16.0 Å². The Morgan fingerprint density at radius 3 is 2.32 bits per heavy atom. The van der Waals surface area contributed by atoms with Gasteiger partial charge in [0.2, 0.25) is 11.8 Å². The number of nitrogens with zero attached hydrogens (tertiary/aromatic N) is 1. The quantitative estimate of drug-likeness (QED) is 0.816. The van der Waals surface area contributed by atoms with Crippen LogP contribution < -0.4 is 4.90 Å². The van der Waals surface area contributed by atoms with Crippen LogP contribution in [0.15, 0.2) is 48.5 Å². The van der Waals surface area contributed by atoms with Crippen LogP contribution in [0.2, 0.25) is 0 Å². The van der Waals surface area contributed by atoms with E-state index in [4.69, 9.17) is 0 Å². The molecule has 2 aromatic carbocycles. The molecule has 2 amide bonds. The number of hydrogen-bond donors (Lipinski definition) is 0. The summed E-state index contributed by atoms with van der Waals surface area (Å²) in [6, 6.07) is 13.4. The molecule has 0 aliphatic carbocycles. The van der Waals surface area contributed by atoms with Crippen LogP contribution >= 0.6 is 0 Å². The molecule has 0 N–H and O–H groups in total. The first kappa shape index (κ1) is 14.4. The Kier molecular flexibility index (Phi) is 3.75. The summed E-state index contributed by atoms with van der Waals surface area (Å²) in [4.78, 5) is 25.8. The SMILES string of the molecule is Cc1ccc(C[C@H]2CC(=O)N(c3ccc(F)cc3)C2=O)cc1. The van der Waals surface area contributed by atoms with Crippen LogP contribution in [0.25, 0.3) is 0 Å². The van der Waals surface area contributed by atoms with Gasteiger partial charge in [-0.1, -0.05) is 29.8 Å². The van der Waals surface area contributed by atoms with Gasteiger partial charge in [-0.05, 0) is 43.2 Å². The molecule has 1 aliphatic heterocycles. The monoisotopic (exact) mass is 297 g/mol. The molecule has 1 aliphatic rings. The average molecular weight is 297 g/mol. The first-order valence-electron chi connectivity index (χ1n) is 7.22. The molecule has 112 valence electrons. The summed E-state index contributed by atoms with van der Waals surface area (Å²) < 4.78 is 13.0. The molecule has 0 saturated carbocycles. The van der Waals surface area contributed by atoms with Crippen molar-refractivity contribution in [3.63, 3.8) is 0 Å². The van der Waals surface area contributed by atoms with Crippen LogP contribution in [-0.2, 0) is 16.0 Å². The molecular weight excluding hydrogens is 281 g/mol. The number of hydrogen-bond acceptors (Lipinski definition) is 2. The van der Waals surface area contributed by atoms with Gasteiger partial charge < -0.3 is 0 Å². The molecule has 3 nitrogen and oxygen atoms in total. The second-order valence-electron chi connectivity index (χ2n) is 5.63. The summed E-state index contributed by atoms with van der Waals surface area (Å²) in [5.41, 5.74) is 2.63. The first-order chi connectivity index (χ1) is 10.5. The third-order valence-electron chi connectivity index (χ3n) is 3.93. The number of anilines is 1. The number of carbonyl (C=O) groups is 2. The summed E-state index contributed by atoms with van der Waals surface area (Å²) >= 11 is 0. The Balaban J connectivity index is 1.79. The molecule has 1 saturated heterocycles. The highest BCUT2D eigenvalue weighted by Gasteiger charge is 2.39. The third-order valence-corrected chi connectivity index (χ3v) is 3.93. The fourth-order valence-corrected chi connectivity index (χ4v) is 2.72. The third kappa shape index (κ3) is 2.77. The standard InChI is InChI=1S/C18H16FNO2/c1-12-2-4-13(5-3-12)10-14-11-17(21)20(18(14)22)16-8-6-15(19)7-9-16/h2-9,14H,10-11H2,1H3/t14-/m0/s1. The zero-order chi connectivity index (χ0) is 15.7. The second-order valence-corrected chi connectivity index (χ2v) is 5.63. The van der Waals surface area contributed by atoms with Gasteiger partial charge in [0, 0.05) is 6.42 Å². The van der Waals surface area contributed by atoms with Crippen molar-refractivity contribution in [2.75, 3.05) is 4.90 Å². The van der Waals surface area contributed by atoms with Gasteiger partial charge in [0.1, 0.15) is 5.82 Å². The molecule has 0 aromatic heterocycles. The molecule has 0 unspecified atom stereocenters. The topological polar surface area (TPSA) is 37.4 Å². The minimum atomic E-state index is -0.390. The Labute approximate surface area is 128 Å². The molecule has 1 fully saturated rings. The Morgan fingerprint density at radius 2 is 1.68 bits per heavy atom. The summed E-state index contributed by atoms with van der Waals surface area (Å²) in [6.07, 6.45) is 0.743. The van der Waals surface area contributed by atoms with Gasteiger partial charge in [-0.3, -0.25) is 14.5 Å². The summed E-state index contributed by atoms with van der Waals surface area (Å²) in [5, 5.41) is 0. The van der Waals surface area contributed by atoms with Gasteiger partial charge in [-0.25, -0.2) is 4.39 Å². The van der Waals surface area contributed by atoms with Gasteiger partial charge in [-0.2, -0.15) is 0 Å². The van der Waals surface area contributed by atoms with E-state index >= 15 is 0 Å². The average Bonchev–Trinajstić information content (AvgIpc) is 2.77. The molecule has 0 spiro atoms. The van der Waals surface area contributed by atoms with Crippen LogP contribution in [0.1, 0.15) is 17.5 Å². The van der Waals surface area contributed by atoms with Gasteiger partial charge >= 0.3 is 0 Å². The highest BCUT2D eigenvalue weighted by Crippen LogP contribution is 2.28. The minimum absolute atomic E-state index is 0.198. The second kappa shape index (κ2) is 5.72. The lowest BCUT2D eigenvalue weighted by atomic mass is 9.97. The van der Waals surface area contributed by atoms with E-state index in [1.807, 2.05) is 31.2 Å². The predicted molar refractivity (Wildman–Crippen MR) is 81.9 cm³/mol. The van der Waals surface area contributed by atoms with E-state index in [1.165, 1.54) is 24.3 Å². The van der Waals surface area contributed by atoms with Gasteiger partial charge in [-0.15, -0.1) is 0 Å². The normalized spacial score (nSPS) is 18.1. The van der Waals surface area contributed by atoms with Crippen LogP contribution in [0.3, 0.4) is 0 Å². The summed E-state index contributed by atoms with van der Waals surface area (Å²) in [5.74, 6) is -1.18. The Morgan fingerprint density at radius 1 is 1.05 bits per heavy atom. The van der Waals surface area contributed by atoms with E-state index in [0.29, 0.717) is 12.1 Å². The number of amides is 2. The number of imide groups is 1. The first-order valence-corrected chi connectivity index (χ1v) is 7.22. The molecular formula is C18H16FNO2. The van der Waals surface area contributed by atoms with E-state index in [1.54, 1.807) is 0 Å². The number of rotatable bonds is 3. The minimum Gasteiger partial charge on any atom is -0.274 e. The van der Waals surface area contributed by atoms with Crippen molar-refractivity contribution < 1.29 is 14.0 Å². The van der Waals surface area contributed by atoms with E-state index < -0.39 is 0 Å². The molecule has 2 aromatic rings. The van der Waals surface area contributed by atoms with Gasteiger partial charge in [0.05, 0.1) is 11.6 Å². The maximum atomic E-state index is 13.0.